The number of aryl methyl sites for hydroxylation is 2. The van der Waals surface area contributed by atoms with Crippen molar-refractivity contribution in [2.24, 2.45) is 0 Å². The lowest BCUT2D eigenvalue weighted by Crippen LogP contribution is -2.35. The lowest BCUT2D eigenvalue weighted by Gasteiger charge is -2.21. The first-order valence-electron chi connectivity index (χ1n) is 9.28. The van der Waals surface area contributed by atoms with Crippen molar-refractivity contribution in [3.63, 3.8) is 0 Å². The van der Waals surface area contributed by atoms with E-state index >= 15 is 0 Å². The highest BCUT2D eigenvalue weighted by molar-refractivity contribution is 5.99. The zero-order chi connectivity index (χ0) is 18.0. The van der Waals surface area contributed by atoms with Gasteiger partial charge >= 0.3 is 0 Å². The van der Waals surface area contributed by atoms with E-state index in [0.29, 0.717) is 0 Å². The fourth-order valence-electron chi connectivity index (χ4n) is 3.91. The van der Waals surface area contributed by atoms with E-state index in [0.717, 1.165) is 51.3 Å². The molecule has 25 heavy (non-hydrogen) atoms. The molecule has 0 radical (unpaired) electrons. The van der Waals surface area contributed by atoms with E-state index in [1.54, 1.807) is 0 Å². The molecule has 4 heteroatoms. The topological polar surface area (TPSA) is 28.5 Å². The van der Waals surface area contributed by atoms with E-state index in [1.807, 2.05) is 17.0 Å². The second-order valence-electron chi connectivity index (χ2n) is 6.92. The molecule has 4 nitrogen and oxygen atoms in total. The van der Waals surface area contributed by atoms with Crippen molar-refractivity contribution in [3.8, 4) is 0 Å². The van der Waals surface area contributed by atoms with E-state index in [4.69, 9.17) is 0 Å². The zero-order valence-electron chi connectivity index (χ0n) is 15.7. The Kier molecular flexibility index (Phi) is 5.28. The van der Waals surface area contributed by atoms with Gasteiger partial charge in [0, 0.05) is 61.4 Å². The van der Waals surface area contributed by atoms with Crippen LogP contribution in [0.4, 0.5) is 0 Å². The summed E-state index contributed by atoms with van der Waals surface area (Å²) in [6, 6.07) is 6.18. The maximum absolute atomic E-state index is 13.0. The summed E-state index contributed by atoms with van der Waals surface area (Å²) in [7, 11) is 0. The van der Waals surface area contributed by atoms with Gasteiger partial charge in [-0.15, -0.1) is 6.58 Å². The smallest absolute Gasteiger partial charge is 0.253 e. The fraction of sp³-hybridized carbons (Fsp3) is 0.476. The van der Waals surface area contributed by atoms with Crippen LogP contribution in [0.25, 0.3) is 10.9 Å². The first kappa shape index (κ1) is 17.7. The van der Waals surface area contributed by atoms with Crippen LogP contribution >= 0.6 is 0 Å². The molecule has 3 rings (SSSR count). The quantitative estimate of drug-likeness (QED) is 0.796. The van der Waals surface area contributed by atoms with Crippen LogP contribution in [-0.4, -0.2) is 53.0 Å². The van der Waals surface area contributed by atoms with Gasteiger partial charge in [0.2, 0.25) is 0 Å². The SMILES string of the molecule is C=CCN1CCCN(C(=O)c2ccc3c(c2)c(C)c(C)n3CC)CC1. The third kappa shape index (κ3) is 3.36. The standard InChI is InChI=1S/C21H29N3O/c1-5-10-22-11-7-12-23(14-13-22)21(25)18-8-9-20-19(15-18)16(3)17(4)24(20)6-2/h5,8-9,15H,1,6-7,10-14H2,2-4H3. The molecule has 1 fully saturated rings. The predicted molar refractivity (Wildman–Crippen MR) is 104 cm³/mol. The van der Waals surface area contributed by atoms with Crippen molar-refractivity contribution in [2.75, 3.05) is 32.7 Å². The van der Waals surface area contributed by atoms with Crippen molar-refractivity contribution in [3.05, 3.63) is 47.7 Å². The van der Waals surface area contributed by atoms with Crippen LogP contribution in [0, 0.1) is 13.8 Å². The molecule has 1 aromatic carbocycles. The summed E-state index contributed by atoms with van der Waals surface area (Å²) in [6.45, 7) is 15.7. The molecular weight excluding hydrogens is 310 g/mol. The second-order valence-corrected chi connectivity index (χ2v) is 6.92. The van der Waals surface area contributed by atoms with Gasteiger partial charge in [0.25, 0.3) is 5.91 Å². The van der Waals surface area contributed by atoms with Gasteiger partial charge < -0.3 is 9.47 Å². The van der Waals surface area contributed by atoms with E-state index in [-0.39, 0.29) is 5.91 Å². The molecule has 1 aliphatic rings. The first-order chi connectivity index (χ1) is 12.1. The van der Waals surface area contributed by atoms with Gasteiger partial charge in [0.1, 0.15) is 0 Å². The van der Waals surface area contributed by atoms with Gasteiger partial charge in [-0.2, -0.15) is 0 Å². The van der Waals surface area contributed by atoms with Gasteiger partial charge in [0.15, 0.2) is 0 Å². The number of amides is 1. The number of benzene rings is 1. The van der Waals surface area contributed by atoms with Gasteiger partial charge in [-0.3, -0.25) is 9.69 Å². The number of fused-ring (bicyclic) bond motifs is 1. The summed E-state index contributed by atoms with van der Waals surface area (Å²) in [5.74, 6) is 0.156. The Morgan fingerprint density at radius 1 is 1.20 bits per heavy atom. The van der Waals surface area contributed by atoms with Crippen molar-refractivity contribution in [1.29, 1.82) is 0 Å². The van der Waals surface area contributed by atoms with Crippen LogP contribution in [-0.2, 0) is 6.54 Å². The fourth-order valence-corrected chi connectivity index (χ4v) is 3.91. The monoisotopic (exact) mass is 339 g/mol. The number of hydrogen-bond acceptors (Lipinski definition) is 2. The minimum absolute atomic E-state index is 0.156. The molecule has 0 saturated carbocycles. The van der Waals surface area contributed by atoms with E-state index in [9.17, 15) is 4.79 Å². The highest BCUT2D eigenvalue weighted by atomic mass is 16.2. The molecule has 0 aliphatic carbocycles. The average Bonchev–Trinajstić information content (AvgIpc) is 2.78. The van der Waals surface area contributed by atoms with Crippen LogP contribution in [0.1, 0.15) is 35.0 Å². The Balaban J connectivity index is 1.85. The first-order valence-corrected chi connectivity index (χ1v) is 9.28. The Morgan fingerprint density at radius 2 is 2.00 bits per heavy atom. The molecule has 1 amide bonds. The van der Waals surface area contributed by atoms with Crippen molar-refractivity contribution < 1.29 is 4.79 Å². The maximum atomic E-state index is 13.0. The largest absolute Gasteiger partial charge is 0.345 e. The van der Waals surface area contributed by atoms with Crippen LogP contribution in [0.5, 0.6) is 0 Å². The molecule has 0 atom stereocenters. The summed E-state index contributed by atoms with van der Waals surface area (Å²) >= 11 is 0. The molecule has 2 aromatic rings. The number of rotatable bonds is 4. The normalized spacial score (nSPS) is 16.2. The summed E-state index contributed by atoms with van der Waals surface area (Å²) < 4.78 is 2.32. The lowest BCUT2D eigenvalue weighted by atomic mass is 10.1. The van der Waals surface area contributed by atoms with E-state index < -0.39 is 0 Å². The lowest BCUT2D eigenvalue weighted by molar-refractivity contribution is 0.0762. The minimum atomic E-state index is 0.156. The van der Waals surface area contributed by atoms with Crippen LogP contribution in [0.2, 0.25) is 0 Å². The Labute approximate surface area is 150 Å². The highest BCUT2D eigenvalue weighted by Gasteiger charge is 2.21. The Morgan fingerprint density at radius 3 is 2.72 bits per heavy atom. The summed E-state index contributed by atoms with van der Waals surface area (Å²) in [5.41, 5.74) is 4.60. The number of carbonyl (C=O) groups excluding carboxylic acids is 1. The maximum Gasteiger partial charge on any atom is 0.253 e. The van der Waals surface area contributed by atoms with Gasteiger partial charge in [0.05, 0.1) is 0 Å². The molecular formula is C21H29N3O. The molecule has 2 heterocycles. The summed E-state index contributed by atoms with van der Waals surface area (Å²) in [4.78, 5) is 17.4. The van der Waals surface area contributed by atoms with Crippen LogP contribution < -0.4 is 0 Å². The number of carbonyl (C=O) groups is 1. The second kappa shape index (κ2) is 7.44. The number of hydrogen-bond donors (Lipinski definition) is 0. The molecule has 1 saturated heterocycles. The molecule has 1 aromatic heterocycles. The molecule has 1 aliphatic heterocycles. The molecule has 0 unspecified atom stereocenters. The Hall–Kier alpha value is -2.07. The Bertz CT molecular complexity index is 790. The molecule has 134 valence electrons. The van der Waals surface area contributed by atoms with Gasteiger partial charge in [-0.05, 0) is 51.0 Å². The average molecular weight is 339 g/mol. The van der Waals surface area contributed by atoms with E-state index in [1.165, 1.54) is 22.2 Å². The minimum Gasteiger partial charge on any atom is -0.345 e. The predicted octanol–water partition coefficient (Wildman–Crippen LogP) is 3.61. The third-order valence-electron chi connectivity index (χ3n) is 5.47. The molecule has 0 bridgehead atoms. The zero-order valence-corrected chi connectivity index (χ0v) is 15.7. The molecule has 0 spiro atoms. The third-order valence-corrected chi connectivity index (χ3v) is 5.47. The van der Waals surface area contributed by atoms with Crippen LogP contribution in [0.3, 0.4) is 0 Å². The highest BCUT2D eigenvalue weighted by Crippen LogP contribution is 2.26. The van der Waals surface area contributed by atoms with Crippen molar-refractivity contribution in [2.45, 2.75) is 33.7 Å². The summed E-state index contributed by atoms with van der Waals surface area (Å²) in [6.07, 6.45) is 2.96. The van der Waals surface area contributed by atoms with E-state index in [2.05, 4.69) is 48.9 Å². The number of aromatic nitrogens is 1. The van der Waals surface area contributed by atoms with Gasteiger partial charge in [-0.25, -0.2) is 0 Å². The summed E-state index contributed by atoms with van der Waals surface area (Å²) in [5, 5.41) is 1.20. The van der Waals surface area contributed by atoms with Crippen molar-refractivity contribution >= 4 is 16.8 Å². The number of nitrogens with zero attached hydrogens (tertiary/aromatic N) is 3. The van der Waals surface area contributed by atoms with Crippen molar-refractivity contribution in [1.82, 2.24) is 14.4 Å². The van der Waals surface area contributed by atoms with Crippen LogP contribution in [0.15, 0.2) is 30.9 Å². The molecule has 0 N–H and O–H groups in total. The van der Waals surface area contributed by atoms with Gasteiger partial charge in [-0.1, -0.05) is 6.08 Å².